The van der Waals surface area contributed by atoms with E-state index in [4.69, 9.17) is 5.73 Å². The van der Waals surface area contributed by atoms with Gasteiger partial charge in [0.1, 0.15) is 5.82 Å². The quantitative estimate of drug-likeness (QED) is 0.826. The van der Waals surface area contributed by atoms with Crippen LogP contribution in [0.5, 0.6) is 0 Å². The highest BCUT2D eigenvalue weighted by atomic mass is 32.2. The molecule has 2 atom stereocenters. The van der Waals surface area contributed by atoms with Crippen molar-refractivity contribution in [2.45, 2.75) is 13.0 Å². The average molecular weight is 270 g/mol. The summed E-state index contributed by atoms with van der Waals surface area (Å²) in [7, 11) is 2.08. The van der Waals surface area contributed by atoms with Crippen LogP contribution < -0.4 is 5.73 Å². The maximum absolute atomic E-state index is 13.6. The Balaban J connectivity index is 2.56. The molecule has 4 heteroatoms. The SMILES string of the molecule is CSCCN(C)CC(C)C(N)c1ccccc1F. The second-order valence-electron chi connectivity index (χ2n) is 4.78. The zero-order chi connectivity index (χ0) is 13.5. The first-order valence-corrected chi connectivity index (χ1v) is 7.63. The molecule has 1 aromatic carbocycles. The fourth-order valence-corrected chi connectivity index (χ4v) is 2.49. The van der Waals surface area contributed by atoms with Crippen molar-refractivity contribution in [2.24, 2.45) is 11.7 Å². The Morgan fingerprint density at radius 2 is 2.06 bits per heavy atom. The highest BCUT2D eigenvalue weighted by molar-refractivity contribution is 7.98. The molecule has 18 heavy (non-hydrogen) atoms. The fourth-order valence-electron chi connectivity index (χ4n) is 2.00. The van der Waals surface area contributed by atoms with E-state index in [9.17, 15) is 4.39 Å². The van der Waals surface area contributed by atoms with E-state index in [0.717, 1.165) is 18.8 Å². The van der Waals surface area contributed by atoms with Crippen LogP contribution >= 0.6 is 11.8 Å². The number of thioether (sulfide) groups is 1. The predicted molar refractivity (Wildman–Crippen MR) is 78.4 cm³/mol. The van der Waals surface area contributed by atoms with Crippen molar-refractivity contribution in [1.82, 2.24) is 4.90 Å². The molecule has 0 aliphatic carbocycles. The second kappa shape index (κ2) is 7.77. The van der Waals surface area contributed by atoms with E-state index in [0.29, 0.717) is 5.56 Å². The Labute approximate surface area is 114 Å². The molecule has 0 amide bonds. The lowest BCUT2D eigenvalue weighted by Crippen LogP contribution is -2.32. The standard InChI is InChI=1S/C14H23FN2S/c1-11(10-17(2)8-9-18-3)14(16)12-6-4-5-7-13(12)15/h4-7,11,14H,8-10,16H2,1-3H3. The van der Waals surface area contributed by atoms with Gasteiger partial charge in [-0.2, -0.15) is 11.8 Å². The summed E-state index contributed by atoms with van der Waals surface area (Å²) < 4.78 is 13.6. The third-order valence-corrected chi connectivity index (χ3v) is 3.75. The molecule has 0 bridgehead atoms. The first kappa shape index (κ1) is 15.5. The topological polar surface area (TPSA) is 29.3 Å². The lowest BCUT2D eigenvalue weighted by Gasteiger charge is -2.26. The summed E-state index contributed by atoms with van der Waals surface area (Å²) in [6, 6.07) is 6.53. The number of rotatable bonds is 7. The predicted octanol–water partition coefficient (Wildman–Crippen LogP) is 2.76. The summed E-state index contributed by atoms with van der Waals surface area (Å²) in [6.07, 6.45) is 2.10. The van der Waals surface area contributed by atoms with Crippen LogP contribution in [-0.2, 0) is 0 Å². The van der Waals surface area contributed by atoms with Crippen LogP contribution in [0.1, 0.15) is 18.5 Å². The summed E-state index contributed by atoms with van der Waals surface area (Å²) in [5.41, 5.74) is 6.76. The molecule has 2 N–H and O–H groups in total. The number of hydrogen-bond donors (Lipinski definition) is 1. The maximum Gasteiger partial charge on any atom is 0.127 e. The molecule has 0 heterocycles. The molecule has 0 saturated heterocycles. The smallest absolute Gasteiger partial charge is 0.127 e. The third-order valence-electron chi connectivity index (χ3n) is 3.15. The monoisotopic (exact) mass is 270 g/mol. The van der Waals surface area contributed by atoms with Crippen LogP contribution in [0.3, 0.4) is 0 Å². The van der Waals surface area contributed by atoms with Gasteiger partial charge in [-0.1, -0.05) is 25.1 Å². The molecule has 1 rings (SSSR count). The lowest BCUT2D eigenvalue weighted by molar-refractivity contribution is 0.275. The normalized spacial score (nSPS) is 14.8. The molecule has 0 aliphatic heterocycles. The van der Waals surface area contributed by atoms with Crippen LogP contribution in [-0.4, -0.2) is 37.0 Å². The van der Waals surface area contributed by atoms with E-state index < -0.39 is 0 Å². The van der Waals surface area contributed by atoms with Crippen LogP contribution in [0.4, 0.5) is 4.39 Å². The minimum atomic E-state index is -0.247. The summed E-state index contributed by atoms with van der Waals surface area (Å²) in [5, 5.41) is 0. The van der Waals surface area contributed by atoms with Crippen molar-refractivity contribution in [3.8, 4) is 0 Å². The molecular formula is C14H23FN2S. The largest absolute Gasteiger partial charge is 0.324 e. The summed E-state index contributed by atoms with van der Waals surface area (Å²) in [4.78, 5) is 2.25. The van der Waals surface area contributed by atoms with Crippen LogP contribution in [0.25, 0.3) is 0 Å². The van der Waals surface area contributed by atoms with Gasteiger partial charge in [-0.05, 0) is 25.3 Å². The molecule has 2 nitrogen and oxygen atoms in total. The van der Waals surface area contributed by atoms with Crippen LogP contribution in [0.15, 0.2) is 24.3 Å². The van der Waals surface area contributed by atoms with Gasteiger partial charge in [0.15, 0.2) is 0 Å². The van der Waals surface area contributed by atoms with Crippen LogP contribution in [0, 0.1) is 11.7 Å². The van der Waals surface area contributed by atoms with Gasteiger partial charge in [-0.15, -0.1) is 0 Å². The fraction of sp³-hybridized carbons (Fsp3) is 0.571. The third kappa shape index (κ3) is 4.59. The van der Waals surface area contributed by atoms with E-state index in [1.807, 2.05) is 17.8 Å². The highest BCUT2D eigenvalue weighted by Crippen LogP contribution is 2.22. The van der Waals surface area contributed by atoms with E-state index in [-0.39, 0.29) is 17.8 Å². The molecule has 0 fully saturated rings. The van der Waals surface area contributed by atoms with Crippen molar-refractivity contribution < 1.29 is 4.39 Å². The van der Waals surface area contributed by atoms with Gasteiger partial charge >= 0.3 is 0 Å². The van der Waals surface area contributed by atoms with Gasteiger partial charge in [-0.25, -0.2) is 4.39 Å². The van der Waals surface area contributed by atoms with Crippen molar-refractivity contribution in [2.75, 3.05) is 32.1 Å². The minimum absolute atomic E-state index is 0.205. The lowest BCUT2D eigenvalue weighted by atomic mass is 9.94. The molecule has 1 aromatic rings. The summed E-state index contributed by atoms with van der Waals surface area (Å²) in [6.45, 7) is 4.00. The summed E-state index contributed by atoms with van der Waals surface area (Å²) in [5.74, 6) is 1.13. The molecule has 2 unspecified atom stereocenters. The molecule has 0 aromatic heterocycles. The van der Waals surface area contributed by atoms with E-state index in [1.165, 1.54) is 6.07 Å². The van der Waals surface area contributed by atoms with E-state index >= 15 is 0 Å². The Kier molecular flexibility index (Phi) is 6.68. The molecule has 0 radical (unpaired) electrons. The van der Waals surface area contributed by atoms with Crippen molar-refractivity contribution >= 4 is 11.8 Å². The van der Waals surface area contributed by atoms with Crippen molar-refractivity contribution in [1.29, 1.82) is 0 Å². The van der Waals surface area contributed by atoms with E-state index in [1.54, 1.807) is 12.1 Å². The number of halogens is 1. The Morgan fingerprint density at radius 1 is 1.39 bits per heavy atom. The van der Waals surface area contributed by atoms with Gasteiger partial charge in [0.05, 0.1) is 0 Å². The molecule has 102 valence electrons. The van der Waals surface area contributed by atoms with Crippen molar-refractivity contribution in [3.05, 3.63) is 35.6 Å². The molecule has 0 spiro atoms. The zero-order valence-electron chi connectivity index (χ0n) is 11.4. The van der Waals surface area contributed by atoms with Gasteiger partial charge in [-0.3, -0.25) is 0 Å². The van der Waals surface area contributed by atoms with Gasteiger partial charge in [0, 0.05) is 30.4 Å². The minimum Gasteiger partial charge on any atom is -0.324 e. The molecular weight excluding hydrogens is 247 g/mol. The van der Waals surface area contributed by atoms with Gasteiger partial charge in [0.2, 0.25) is 0 Å². The number of benzene rings is 1. The van der Waals surface area contributed by atoms with Gasteiger partial charge in [0.25, 0.3) is 0 Å². The Morgan fingerprint density at radius 3 is 2.67 bits per heavy atom. The zero-order valence-corrected chi connectivity index (χ0v) is 12.2. The van der Waals surface area contributed by atoms with Crippen molar-refractivity contribution in [3.63, 3.8) is 0 Å². The van der Waals surface area contributed by atoms with Crippen LogP contribution in [0.2, 0.25) is 0 Å². The highest BCUT2D eigenvalue weighted by Gasteiger charge is 2.19. The summed E-state index contributed by atoms with van der Waals surface area (Å²) >= 11 is 1.83. The number of nitrogens with two attached hydrogens (primary N) is 1. The molecule has 0 aliphatic rings. The average Bonchev–Trinajstić information content (AvgIpc) is 2.36. The maximum atomic E-state index is 13.6. The first-order chi connectivity index (χ1) is 8.56. The number of hydrogen-bond acceptors (Lipinski definition) is 3. The second-order valence-corrected chi connectivity index (χ2v) is 5.77. The first-order valence-electron chi connectivity index (χ1n) is 6.23. The Hall–Kier alpha value is -0.580. The number of nitrogens with zero attached hydrogens (tertiary/aromatic N) is 1. The van der Waals surface area contributed by atoms with Gasteiger partial charge < -0.3 is 10.6 Å². The Bertz CT molecular complexity index is 359. The molecule has 0 saturated carbocycles. The van der Waals surface area contributed by atoms with E-state index in [2.05, 4.69) is 25.1 Å².